The minimum Gasteiger partial charge on any atom is -0.446 e. The van der Waals surface area contributed by atoms with Crippen LogP contribution in [0.3, 0.4) is 0 Å². The maximum absolute atomic E-state index is 12.7. The number of hydrogen-bond donors (Lipinski definition) is 2. The molecule has 2 amide bonds. The summed E-state index contributed by atoms with van der Waals surface area (Å²) >= 11 is 0. The van der Waals surface area contributed by atoms with E-state index in [2.05, 4.69) is 46.0 Å². The lowest BCUT2D eigenvalue weighted by molar-refractivity contribution is -0.132. The quantitative estimate of drug-likeness (QED) is 0.168. The zero-order chi connectivity index (χ0) is 32.4. The van der Waals surface area contributed by atoms with Crippen molar-refractivity contribution >= 4 is 12.0 Å². The molecule has 0 aromatic carbocycles. The molecule has 4 fully saturated rings. The summed E-state index contributed by atoms with van der Waals surface area (Å²) in [6, 6.07) is 0.129. The third-order valence-electron chi connectivity index (χ3n) is 13.7. The smallest absolute Gasteiger partial charge is 0.407 e. The number of hydrogen-bond acceptors (Lipinski definition) is 4. The van der Waals surface area contributed by atoms with E-state index < -0.39 is 0 Å². The lowest BCUT2D eigenvalue weighted by atomic mass is 9.47. The van der Waals surface area contributed by atoms with E-state index in [1.807, 2.05) is 11.8 Å². The molecule has 4 aliphatic carbocycles. The molecule has 3 unspecified atom stereocenters. The van der Waals surface area contributed by atoms with Gasteiger partial charge in [-0.3, -0.25) is 4.79 Å². The molecule has 45 heavy (non-hydrogen) atoms. The van der Waals surface area contributed by atoms with E-state index in [1.165, 1.54) is 51.4 Å². The Labute approximate surface area is 274 Å². The number of ether oxygens (including phenoxy) is 1. The molecule has 5 aliphatic rings. The number of aliphatic hydroxyl groups excluding tert-OH is 1. The maximum Gasteiger partial charge on any atom is 0.407 e. The van der Waals surface area contributed by atoms with Gasteiger partial charge in [0.05, 0.1) is 6.10 Å². The first-order chi connectivity index (χ1) is 21.4. The minimum atomic E-state index is -0.384. The number of unbranched alkanes of at least 4 members (excludes halogenated alkanes) is 2. The molecule has 256 valence electrons. The van der Waals surface area contributed by atoms with Crippen molar-refractivity contribution in [1.29, 1.82) is 0 Å². The van der Waals surface area contributed by atoms with E-state index in [9.17, 15) is 14.7 Å². The van der Waals surface area contributed by atoms with Crippen LogP contribution in [0, 0.1) is 46.3 Å². The van der Waals surface area contributed by atoms with Gasteiger partial charge in [0.15, 0.2) is 0 Å². The zero-order valence-corrected chi connectivity index (χ0v) is 29.6. The SMILES string of the molecule is CC(C)CCC[C@@H](C)[C@H]1CC[C@H]2[C@@H]3CC=C4C[C@@H](OC(=O)NCCCCCC(=O)N5CC(O)CC5C)CCC4(C)[C@H]3CC[C@]12C. The second-order valence-electron chi connectivity index (χ2n) is 17.1. The average Bonchev–Trinajstić information content (AvgIpc) is 3.52. The first kappa shape index (κ1) is 34.8. The Bertz CT molecular complexity index is 1060. The van der Waals surface area contributed by atoms with E-state index in [4.69, 9.17) is 4.74 Å². The monoisotopic (exact) mass is 627 g/mol. The molecule has 3 saturated carbocycles. The van der Waals surface area contributed by atoms with Gasteiger partial charge in [0, 0.05) is 32.0 Å². The van der Waals surface area contributed by atoms with Crippen LogP contribution < -0.4 is 5.32 Å². The van der Waals surface area contributed by atoms with E-state index in [1.54, 1.807) is 5.57 Å². The lowest BCUT2D eigenvalue weighted by Crippen LogP contribution is -2.51. The molecule has 0 bridgehead atoms. The highest BCUT2D eigenvalue weighted by atomic mass is 16.6. The maximum atomic E-state index is 12.7. The van der Waals surface area contributed by atoms with Gasteiger partial charge in [0.2, 0.25) is 5.91 Å². The number of carbonyl (C=O) groups excluding carboxylic acids is 2. The summed E-state index contributed by atoms with van der Waals surface area (Å²) < 4.78 is 5.95. The van der Waals surface area contributed by atoms with Crippen molar-refractivity contribution in [3.8, 4) is 0 Å². The molecule has 0 aromatic rings. The number of aliphatic hydroxyl groups is 1. The number of amides is 2. The number of nitrogens with zero attached hydrogens (tertiary/aromatic N) is 1. The van der Waals surface area contributed by atoms with Crippen LogP contribution in [0.25, 0.3) is 0 Å². The molecule has 2 N–H and O–H groups in total. The summed E-state index contributed by atoms with van der Waals surface area (Å²) in [5.41, 5.74) is 2.35. The van der Waals surface area contributed by atoms with Gasteiger partial charge in [0.25, 0.3) is 0 Å². The molecule has 0 spiro atoms. The summed E-state index contributed by atoms with van der Waals surface area (Å²) in [5.74, 6) is 5.18. The van der Waals surface area contributed by atoms with Gasteiger partial charge in [-0.2, -0.15) is 0 Å². The van der Waals surface area contributed by atoms with Gasteiger partial charge >= 0.3 is 6.09 Å². The molecular formula is C39H66N2O4. The molecule has 1 aliphatic heterocycles. The third kappa shape index (κ3) is 7.62. The molecule has 6 nitrogen and oxygen atoms in total. The van der Waals surface area contributed by atoms with Gasteiger partial charge in [-0.15, -0.1) is 0 Å². The fourth-order valence-electron chi connectivity index (χ4n) is 11.2. The van der Waals surface area contributed by atoms with Gasteiger partial charge in [0.1, 0.15) is 6.10 Å². The average molecular weight is 627 g/mol. The lowest BCUT2D eigenvalue weighted by Gasteiger charge is -2.58. The first-order valence-corrected chi connectivity index (χ1v) is 19.0. The number of fused-ring (bicyclic) bond motifs is 5. The fraction of sp³-hybridized carbons (Fsp3) is 0.897. The number of rotatable bonds is 12. The van der Waals surface area contributed by atoms with Crippen LogP contribution >= 0.6 is 0 Å². The Hall–Kier alpha value is -1.56. The van der Waals surface area contributed by atoms with Crippen molar-refractivity contribution in [3.05, 3.63) is 11.6 Å². The second kappa shape index (κ2) is 14.7. The highest BCUT2D eigenvalue weighted by molar-refractivity contribution is 5.76. The Morgan fingerprint density at radius 1 is 1.02 bits per heavy atom. The van der Waals surface area contributed by atoms with E-state index >= 15 is 0 Å². The number of β-amino-alcohol motifs (C(OH)–C–C–N with tert-alkyl or cyclic N) is 1. The highest BCUT2D eigenvalue weighted by Crippen LogP contribution is 2.67. The Morgan fingerprint density at radius 2 is 1.82 bits per heavy atom. The second-order valence-corrected chi connectivity index (χ2v) is 17.1. The molecule has 0 aromatic heterocycles. The normalized spacial score (nSPS) is 38.3. The van der Waals surface area contributed by atoms with Gasteiger partial charge in [-0.1, -0.05) is 72.0 Å². The number of likely N-dealkylation sites (tertiary alicyclic amines) is 1. The van der Waals surface area contributed by atoms with E-state index in [-0.39, 0.29) is 35.7 Å². The van der Waals surface area contributed by atoms with Gasteiger partial charge in [-0.25, -0.2) is 4.79 Å². The zero-order valence-electron chi connectivity index (χ0n) is 29.6. The van der Waals surface area contributed by atoms with Gasteiger partial charge in [-0.05, 0) is 117 Å². The molecular weight excluding hydrogens is 560 g/mol. The number of nitrogens with one attached hydrogen (secondary N) is 1. The Morgan fingerprint density at radius 3 is 2.56 bits per heavy atom. The summed E-state index contributed by atoms with van der Waals surface area (Å²) in [6.07, 6.45) is 19.7. The van der Waals surface area contributed by atoms with Crippen LogP contribution in [0.2, 0.25) is 0 Å². The minimum absolute atomic E-state index is 0.0206. The topological polar surface area (TPSA) is 78.9 Å². The van der Waals surface area contributed by atoms with Gasteiger partial charge < -0.3 is 20.1 Å². The first-order valence-electron chi connectivity index (χ1n) is 19.0. The molecule has 6 heteroatoms. The van der Waals surface area contributed by atoms with Crippen LogP contribution in [0.15, 0.2) is 11.6 Å². The molecule has 1 saturated heterocycles. The summed E-state index contributed by atoms with van der Waals surface area (Å²) in [5, 5.41) is 12.8. The number of alkyl carbamates (subject to hydrolysis) is 1. The third-order valence-corrected chi connectivity index (χ3v) is 13.7. The molecule has 10 atom stereocenters. The Balaban J connectivity index is 1.05. The van der Waals surface area contributed by atoms with Crippen LogP contribution in [0.4, 0.5) is 4.79 Å². The van der Waals surface area contributed by atoms with Crippen molar-refractivity contribution < 1.29 is 19.4 Å². The van der Waals surface area contributed by atoms with Crippen LogP contribution in [0.5, 0.6) is 0 Å². The molecule has 5 rings (SSSR count). The van der Waals surface area contributed by atoms with Crippen LogP contribution in [-0.4, -0.2) is 53.3 Å². The fourth-order valence-corrected chi connectivity index (χ4v) is 11.2. The number of allylic oxidation sites excluding steroid dienone is 1. The van der Waals surface area contributed by atoms with Crippen LogP contribution in [0.1, 0.15) is 144 Å². The largest absolute Gasteiger partial charge is 0.446 e. The van der Waals surface area contributed by atoms with Crippen molar-refractivity contribution in [1.82, 2.24) is 10.2 Å². The predicted molar refractivity (Wildman–Crippen MR) is 182 cm³/mol. The standard InChI is InChI=1S/C39H66N2O4/c1-26(2)11-10-12-27(3)33-16-17-34-32-15-14-29-24-31(18-20-38(29,5)35(32)19-21-39(33,34)6)45-37(44)40-22-9-7-8-13-36(43)41-25-30(42)23-28(41)4/h14,26-28,30-35,42H,7-13,15-25H2,1-6H3,(H,40,44)/t27-,28?,30?,31+,32+,33-,34+,35+,38?,39-/m1/s1. The molecule has 0 radical (unpaired) electrons. The van der Waals surface area contributed by atoms with Crippen molar-refractivity contribution in [2.24, 2.45) is 46.3 Å². The predicted octanol–water partition coefficient (Wildman–Crippen LogP) is 8.66. The Kier molecular flexibility index (Phi) is 11.3. The van der Waals surface area contributed by atoms with Crippen molar-refractivity contribution in [2.75, 3.05) is 13.1 Å². The van der Waals surface area contributed by atoms with Crippen molar-refractivity contribution in [3.63, 3.8) is 0 Å². The number of carbonyl (C=O) groups is 2. The van der Waals surface area contributed by atoms with Crippen molar-refractivity contribution in [2.45, 2.75) is 163 Å². The summed E-state index contributed by atoms with van der Waals surface area (Å²) in [7, 11) is 0. The van der Waals surface area contributed by atoms with E-state index in [0.717, 1.165) is 74.0 Å². The van der Waals surface area contributed by atoms with E-state index in [0.29, 0.717) is 31.3 Å². The highest BCUT2D eigenvalue weighted by Gasteiger charge is 2.59. The summed E-state index contributed by atoms with van der Waals surface area (Å²) in [6.45, 7) is 15.6. The van der Waals surface area contributed by atoms with Crippen LogP contribution in [-0.2, 0) is 9.53 Å². The molecule has 1 heterocycles. The summed E-state index contributed by atoms with van der Waals surface area (Å²) in [4.78, 5) is 26.9.